The molecule has 2 N–H and O–H groups in total. The summed E-state index contributed by atoms with van der Waals surface area (Å²) in [4.78, 5) is 39.6. The molecule has 2 amide bonds. The topological polar surface area (TPSA) is 125 Å². The average molecular weight is 417 g/mol. The van der Waals surface area contributed by atoms with E-state index in [-0.39, 0.29) is 36.3 Å². The highest BCUT2D eigenvalue weighted by atomic mass is 16.6. The highest BCUT2D eigenvalue weighted by Crippen LogP contribution is 2.25. The van der Waals surface area contributed by atoms with Crippen LogP contribution in [0.15, 0.2) is 42.6 Å². The third-order valence-corrected chi connectivity index (χ3v) is 3.70. The maximum absolute atomic E-state index is 12.0. The number of pyridine rings is 1. The molecule has 1 aromatic heterocycles. The molecule has 0 aliphatic carbocycles. The lowest BCUT2D eigenvalue weighted by Gasteiger charge is -2.11. The van der Waals surface area contributed by atoms with Crippen LogP contribution in [0.5, 0.6) is 11.6 Å². The van der Waals surface area contributed by atoms with Crippen molar-refractivity contribution in [1.82, 2.24) is 15.6 Å². The number of aromatic nitrogens is 1. The van der Waals surface area contributed by atoms with Crippen LogP contribution < -0.4 is 20.1 Å². The second-order valence-electron chi connectivity index (χ2n) is 5.87. The molecule has 2 aromatic rings. The van der Waals surface area contributed by atoms with E-state index >= 15 is 0 Å². The van der Waals surface area contributed by atoms with Gasteiger partial charge >= 0.3 is 12.1 Å². The van der Waals surface area contributed by atoms with E-state index in [1.807, 2.05) is 30.3 Å². The van der Waals surface area contributed by atoms with Crippen LogP contribution in [0.3, 0.4) is 0 Å². The Morgan fingerprint density at radius 1 is 1.07 bits per heavy atom. The lowest BCUT2D eigenvalue weighted by Crippen LogP contribution is -2.33. The van der Waals surface area contributed by atoms with Crippen molar-refractivity contribution < 1.29 is 33.3 Å². The highest BCUT2D eigenvalue weighted by molar-refractivity contribution is 5.94. The number of esters is 1. The summed E-state index contributed by atoms with van der Waals surface area (Å²) < 4.78 is 20.1. The van der Waals surface area contributed by atoms with Crippen LogP contribution in [0.25, 0.3) is 0 Å². The minimum atomic E-state index is -0.922. The molecule has 160 valence electrons. The minimum absolute atomic E-state index is 0.0798. The van der Waals surface area contributed by atoms with Gasteiger partial charge in [0.15, 0.2) is 5.75 Å². The normalized spacial score (nSPS) is 10.1. The molecule has 30 heavy (non-hydrogen) atoms. The van der Waals surface area contributed by atoms with Gasteiger partial charge in [-0.05, 0) is 5.56 Å². The fourth-order valence-corrected chi connectivity index (χ4v) is 2.21. The molecule has 0 saturated heterocycles. The number of nitrogens with zero attached hydrogens (tertiary/aromatic N) is 1. The summed E-state index contributed by atoms with van der Waals surface area (Å²) in [6.07, 6.45) is 0.316. The molecule has 0 fully saturated rings. The minimum Gasteiger partial charge on any atom is -0.491 e. The van der Waals surface area contributed by atoms with E-state index in [0.717, 1.165) is 5.56 Å². The second-order valence-corrected chi connectivity index (χ2v) is 5.87. The Bertz CT molecular complexity index is 859. The number of methoxy groups -OCH3 is 2. The average Bonchev–Trinajstić information content (AvgIpc) is 2.77. The van der Waals surface area contributed by atoms with Crippen molar-refractivity contribution in [3.63, 3.8) is 0 Å². The smallest absolute Gasteiger partial charge is 0.414 e. The molecule has 0 aliphatic rings. The third kappa shape index (κ3) is 7.40. The number of ether oxygens (including phenoxy) is 4. The van der Waals surface area contributed by atoms with Crippen molar-refractivity contribution in [2.75, 3.05) is 33.9 Å². The molecule has 10 nitrogen and oxygen atoms in total. The van der Waals surface area contributed by atoms with Crippen LogP contribution in [0.2, 0.25) is 0 Å². The molecule has 10 heteroatoms. The van der Waals surface area contributed by atoms with E-state index < -0.39 is 12.1 Å². The molecule has 0 bridgehead atoms. The van der Waals surface area contributed by atoms with Gasteiger partial charge in [-0.1, -0.05) is 30.3 Å². The van der Waals surface area contributed by atoms with Crippen molar-refractivity contribution >= 4 is 18.0 Å². The standard InChI is InChI=1S/C20H23N3O7/c1-27-9-8-21-18(25)15-10-16(28-2)19(22-11-15)30-20(26)23-12-17(24)29-13-14-6-4-3-5-7-14/h3-7,10-11H,8-9,12-13H2,1-2H3,(H,21,25)(H,23,26). The Balaban J connectivity index is 1.83. The van der Waals surface area contributed by atoms with Gasteiger partial charge in [-0.15, -0.1) is 0 Å². The number of hydrogen-bond donors (Lipinski definition) is 2. The van der Waals surface area contributed by atoms with Gasteiger partial charge in [0.1, 0.15) is 13.2 Å². The fraction of sp³-hybridized carbons (Fsp3) is 0.300. The van der Waals surface area contributed by atoms with Crippen LogP contribution in [0.1, 0.15) is 15.9 Å². The number of amides is 2. The predicted molar refractivity (Wildman–Crippen MR) is 105 cm³/mol. The molecule has 0 atom stereocenters. The van der Waals surface area contributed by atoms with Crippen LogP contribution >= 0.6 is 0 Å². The lowest BCUT2D eigenvalue weighted by molar-refractivity contribution is -0.143. The van der Waals surface area contributed by atoms with Gasteiger partial charge in [0, 0.05) is 25.9 Å². The summed E-state index contributed by atoms with van der Waals surface area (Å²) in [6, 6.07) is 10.5. The van der Waals surface area contributed by atoms with E-state index in [9.17, 15) is 14.4 Å². The highest BCUT2D eigenvalue weighted by Gasteiger charge is 2.16. The maximum atomic E-state index is 12.0. The summed E-state index contributed by atoms with van der Waals surface area (Å²) in [6.45, 7) is 0.414. The van der Waals surface area contributed by atoms with Crippen molar-refractivity contribution in [1.29, 1.82) is 0 Å². The first kappa shape index (κ1) is 22.6. The molecule has 0 spiro atoms. The molecule has 0 unspecified atom stereocenters. The van der Waals surface area contributed by atoms with Crippen molar-refractivity contribution in [2.45, 2.75) is 6.61 Å². The van der Waals surface area contributed by atoms with Gasteiger partial charge in [-0.3, -0.25) is 9.59 Å². The van der Waals surface area contributed by atoms with Gasteiger partial charge in [0.25, 0.3) is 11.8 Å². The van der Waals surface area contributed by atoms with E-state index in [2.05, 4.69) is 15.6 Å². The Hall–Kier alpha value is -3.66. The quantitative estimate of drug-likeness (QED) is 0.438. The summed E-state index contributed by atoms with van der Waals surface area (Å²) in [7, 11) is 2.87. The number of carbonyl (C=O) groups is 3. The predicted octanol–water partition coefficient (Wildman–Crippen LogP) is 1.30. The molecule has 2 rings (SSSR count). The van der Waals surface area contributed by atoms with E-state index in [4.69, 9.17) is 18.9 Å². The maximum Gasteiger partial charge on any atom is 0.414 e. The number of carbonyl (C=O) groups excluding carboxylic acids is 3. The lowest BCUT2D eigenvalue weighted by atomic mass is 10.2. The van der Waals surface area contributed by atoms with Crippen molar-refractivity contribution in [3.05, 3.63) is 53.7 Å². The molecular weight excluding hydrogens is 394 g/mol. The Morgan fingerprint density at radius 2 is 1.83 bits per heavy atom. The monoisotopic (exact) mass is 417 g/mol. The molecule has 1 aromatic carbocycles. The molecule has 1 heterocycles. The van der Waals surface area contributed by atoms with Crippen molar-refractivity contribution in [3.8, 4) is 11.6 Å². The SMILES string of the molecule is COCCNC(=O)c1cnc(OC(=O)NCC(=O)OCc2ccccc2)c(OC)c1. The van der Waals surface area contributed by atoms with E-state index in [0.29, 0.717) is 13.2 Å². The Kier molecular flexibility index (Phi) is 9.07. The fourth-order valence-electron chi connectivity index (χ4n) is 2.21. The zero-order chi connectivity index (χ0) is 21.8. The molecular formula is C20H23N3O7. The zero-order valence-corrected chi connectivity index (χ0v) is 16.7. The van der Waals surface area contributed by atoms with Gasteiger partial charge in [-0.2, -0.15) is 0 Å². The van der Waals surface area contributed by atoms with Gasteiger partial charge < -0.3 is 29.6 Å². The molecule has 0 radical (unpaired) electrons. The molecule has 0 aliphatic heterocycles. The van der Waals surface area contributed by atoms with Gasteiger partial charge in [-0.25, -0.2) is 9.78 Å². The van der Waals surface area contributed by atoms with Crippen molar-refractivity contribution in [2.24, 2.45) is 0 Å². The number of rotatable bonds is 10. The summed E-state index contributed by atoms with van der Waals surface area (Å²) >= 11 is 0. The van der Waals surface area contributed by atoms with Gasteiger partial charge in [0.2, 0.25) is 0 Å². The van der Waals surface area contributed by atoms with Crippen LogP contribution in [0, 0.1) is 0 Å². The number of nitrogens with one attached hydrogen (secondary N) is 2. The van der Waals surface area contributed by atoms with E-state index in [1.165, 1.54) is 26.5 Å². The summed E-state index contributed by atoms with van der Waals surface area (Å²) in [5.41, 5.74) is 1.05. The Morgan fingerprint density at radius 3 is 2.53 bits per heavy atom. The zero-order valence-electron chi connectivity index (χ0n) is 16.7. The number of hydrogen-bond acceptors (Lipinski definition) is 8. The first-order valence-electron chi connectivity index (χ1n) is 9.00. The third-order valence-electron chi connectivity index (χ3n) is 3.70. The molecule has 0 saturated carbocycles. The summed E-state index contributed by atoms with van der Waals surface area (Å²) in [5.74, 6) is -1.08. The van der Waals surface area contributed by atoms with Gasteiger partial charge in [0.05, 0.1) is 19.3 Å². The summed E-state index contributed by atoms with van der Waals surface area (Å²) in [5, 5.41) is 4.90. The van der Waals surface area contributed by atoms with Crippen LogP contribution in [-0.4, -0.2) is 56.9 Å². The largest absolute Gasteiger partial charge is 0.491 e. The van der Waals surface area contributed by atoms with E-state index in [1.54, 1.807) is 0 Å². The Labute approximate surface area is 173 Å². The number of benzene rings is 1. The first-order chi connectivity index (χ1) is 14.5. The van der Waals surface area contributed by atoms with Crippen LogP contribution in [0.4, 0.5) is 4.79 Å². The van der Waals surface area contributed by atoms with Crippen LogP contribution in [-0.2, 0) is 20.9 Å². The second kappa shape index (κ2) is 12.0. The first-order valence-corrected chi connectivity index (χ1v) is 9.00.